The lowest BCUT2D eigenvalue weighted by Crippen LogP contribution is -2.37. The Morgan fingerprint density at radius 3 is 2.82 bits per heavy atom. The third-order valence-corrected chi connectivity index (χ3v) is 4.64. The standard InChI is InChI=1S/C12H19N3OS/c1-4-9(5-2)12-15(11(16)7-17-12)10-6-8(3)13-14-10/h6,9,12H,4-5,7H2,1-3H3,(H,13,14). The first kappa shape index (κ1) is 12.5. The summed E-state index contributed by atoms with van der Waals surface area (Å²) in [5.74, 6) is 2.07. The van der Waals surface area contributed by atoms with Crippen LogP contribution in [0.1, 0.15) is 32.4 Å². The average molecular weight is 253 g/mol. The molecule has 4 nitrogen and oxygen atoms in total. The van der Waals surface area contributed by atoms with Crippen LogP contribution in [0.15, 0.2) is 6.07 Å². The van der Waals surface area contributed by atoms with Crippen molar-refractivity contribution in [3.63, 3.8) is 0 Å². The normalized spacial score (nSPS) is 20.6. The van der Waals surface area contributed by atoms with E-state index < -0.39 is 0 Å². The third kappa shape index (κ3) is 2.34. The van der Waals surface area contributed by atoms with E-state index in [1.165, 1.54) is 0 Å². The van der Waals surface area contributed by atoms with Crippen LogP contribution in [0, 0.1) is 12.8 Å². The van der Waals surface area contributed by atoms with E-state index in [2.05, 4.69) is 24.0 Å². The molecule has 2 rings (SSSR count). The molecular formula is C12H19N3OS. The van der Waals surface area contributed by atoms with Crippen molar-refractivity contribution in [2.75, 3.05) is 10.7 Å². The number of hydrogen-bond acceptors (Lipinski definition) is 3. The molecule has 1 aliphatic heterocycles. The number of rotatable bonds is 4. The number of aryl methyl sites for hydroxylation is 1. The molecule has 1 saturated heterocycles. The molecule has 0 saturated carbocycles. The summed E-state index contributed by atoms with van der Waals surface area (Å²) in [7, 11) is 0. The van der Waals surface area contributed by atoms with E-state index in [-0.39, 0.29) is 11.3 Å². The molecule has 0 radical (unpaired) electrons. The molecule has 1 atom stereocenters. The summed E-state index contributed by atoms with van der Waals surface area (Å²) in [6.07, 6.45) is 2.20. The molecule has 1 fully saturated rings. The Morgan fingerprint density at radius 2 is 2.29 bits per heavy atom. The maximum absolute atomic E-state index is 12.0. The van der Waals surface area contributed by atoms with Gasteiger partial charge in [-0.1, -0.05) is 26.7 Å². The van der Waals surface area contributed by atoms with Gasteiger partial charge in [-0.25, -0.2) is 0 Å². The van der Waals surface area contributed by atoms with Crippen molar-refractivity contribution < 1.29 is 4.79 Å². The van der Waals surface area contributed by atoms with E-state index in [0.717, 1.165) is 24.4 Å². The van der Waals surface area contributed by atoms with Gasteiger partial charge in [0.25, 0.3) is 0 Å². The van der Waals surface area contributed by atoms with Crippen molar-refractivity contribution in [1.29, 1.82) is 0 Å². The zero-order chi connectivity index (χ0) is 12.4. The smallest absolute Gasteiger partial charge is 0.239 e. The Morgan fingerprint density at radius 1 is 1.59 bits per heavy atom. The van der Waals surface area contributed by atoms with Crippen LogP contribution in [-0.4, -0.2) is 27.2 Å². The van der Waals surface area contributed by atoms with E-state index in [0.29, 0.717) is 11.7 Å². The van der Waals surface area contributed by atoms with E-state index in [1.807, 2.05) is 17.9 Å². The highest BCUT2D eigenvalue weighted by atomic mass is 32.2. The van der Waals surface area contributed by atoms with Crippen LogP contribution in [0.3, 0.4) is 0 Å². The molecule has 0 aromatic carbocycles. The Bertz CT molecular complexity index is 400. The Labute approximate surface area is 106 Å². The monoisotopic (exact) mass is 253 g/mol. The van der Waals surface area contributed by atoms with Crippen molar-refractivity contribution in [1.82, 2.24) is 10.2 Å². The fraction of sp³-hybridized carbons (Fsp3) is 0.667. The molecule has 1 unspecified atom stereocenters. The molecule has 1 aromatic rings. The lowest BCUT2D eigenvalue weighted by molar-refractivity contribution is -0.116. The first-order chi connectivity index (χ1) is 8.17. The summed E-state index contributed by atoms with van der Waals surface area (Å²) in [6.45, 7) is 6.33. The number of anilines is 1. The molecule has 1 aliphatic rings. The van der Waals surface area contributed by atoms with E-state index >= 15 is 0 Å². The summed E-state index contributed by atoms with van der Waals surface area (Å²) >= 11 is 1.74. The molecular weight excluding hydrogens is 234 g/mol. The lowest BCUT2D eigenvalue weighted by atomic mass is 10.0. The van der Waals surface area contributed by atoms with E-state index in [9.17, 15) is 4.79 Å². The van der Waals surface area contributed by atoms with Gasteiger partial charge in [0, 0.05) is 11.8 Å². The number of nitrogens with zero attached hydrogens (tertiary/aromatic N) is 2. The lowest BCUT2D eigenvalue weighted by Gasteiger charge is -2.27. The van der Waals surface area contributed by atoms with Gasteiger partial charge in [-0.05, 0) is 12.8 Å². The SMILES string of the molecule is CCC(CC)C1SCC(=O)N1c1cc(C)[nH]n1. The van der Waals surface area contributed by atoms with Gasteiger partial charge < -0.3 is 0 Å². The van der Waals surface area contributed by atoms with Crippen molar-refractivity contribution in [3.8, 4) is 0 Å². The predicted octanol–water partition coefficient (Wildman–Crippen LogP) is 2.56. The number of carbonyl (C=O) groups is 1. The van der Waals surface area contributed by atoms with Crippen molar-refractivity contribution in [2.45, 2.75) is 39.0 Å². The highest BCUT2D eigenvalue weighted by Crippen LogP contribution is 2.36. The van der Waals surface area contributed by atoms with Crippen molar-refractivity contribution >= 4 is 23.5 Å². The highest BCUT2D eigenvalue weighted by Gasteiger charge is 2.37. The molecule has 1 amide bonds. The molecule has 1 aromatic heterocycles. The molecule has 94 valence electrons. The molecule has 0 spiro atoms. The molecule has 17 heavy (non-hydrogen) atoms. The van der Waals surface area contributed by atoms with Crippen LogP contribution in [0.4, 0.5) is 5.82 Å². The number of thioether (sulfide) groups is 1. The molecule has 0 bridgehead atoms. The first-order valence-electron chi connectivity index (χ1n) is 6.13. The summed E-state index contributed by atoms with van der Waals surface area (Å²) < 4.78 is 0. The van der Waals surface area contributed by atoms with Gasteiger partial charge >= 0.3 is 0 Å². The summed E-state index contributed by atoms with van der Waals surface area (Å²) in [5.41, 5.74) is 0.994. The Kier molecular flexibility index (Phi) is 3.76. The van der Waals surface area contributed by atoms with E-state index in [4.69, 9.17) is 0 Å². The van der Waals surface area contributed by atoms with Crippen LogP contribution in [0.25, 0.3) is 0 Å². The summed E-state index contributed by atoms with van der Waals surface area (Å²) in [4.78, 5) is 13.8. The third-order valence-electron chi connectivity index (χ3n) is 3.29. The van der Waals surface area contributed by atoms with Crippen molar-refractivity contribution in [3.05, 3.63) is 11.8 Å². The minimum absolute atomic E-state index is 0.179. The zero-order valence-electron chi connectivity index (χ0n) is 10.6. The number of aromatic nitrogens is 2. The predicted molar refractivity (Wildman–Crippen MR) is 71.1 cm³/mol. The maximum Gasteiger partial charge on any atom is 0.239 e. The number of nitrogens with one attached hydrogen (secondary N) is 1. The summed E-state index contributed by atoms with van der Waals surface area (Å²) in [5, 5.41) is 7.37. The van der Waals surface area contributed by atoms with E-state index in [1.54, 1.807) is 11.8 Å². The second-order valence-corrected chi connectivity index (χ2v) is 5.56. The fourth-order valence-electron chi connectivity index (χ4n) is 2.27. The first-order valence-corrected chi connectivity index (χ1v) is 7.17. The largest absolute Gasteiger partial charge is 0.282 e. The zero-order valence-corrected chi connectivity index (χ0v) is 11.4. The Hall–Kier alpha value is -0.970. The molecule has 5 heteroatoms. The van der Waals surface area contributed by atoms with Gasteiger partial charge in [0.1, 0.15) is 0 Å². The van der Waals surface area contributed by atoms with Crippen LogP contribution in [0.5, 0.6) is 0 Å². The quantitative estimate of drug-likeness (QED) is 0.897. The van der Waals surface area contributed by atoms with Gasteiger partial charge in [-0.15, -0.1) is 11.8 Å². The van der Waals surface area contributed by atoms with Gasteiger partial charge in [0.15, 0.2) is 5.82 Å². The van der Waals surface area contributed by atoms with Crippen LogP contribution < -0.4 is 4.90 Å². The maximum atomic E-state index is 12.0. The average Bonchev–Trinajstić information content (AvgIpc) is 2.87. The fourth-order valence-corrected chi connectivity index (χ4v) is 3.75. The topological polar surface area (TPSA) is 49.0 Å². The number of carbonyl (C=O) groups excluding carboxylic acids is 1. The van der Waals surface area contributed by atoms with Crippen LogP contribution in [0.2, 0.25) is 0 Å². The second-order valence-electron chi connectivity index (χ2n) is 4.45. The highest BCUT2D eigenvalue weighted by molar-refractivity contribution is 8.01. The number of amides is 1. The molecule has 1 N–H and O–H groups in total. The van der Waals surface area contributed by atoms with Gasteiger partial charge in [0.05, 0.1) is 11.1 Å². The molecule has 2 heterocycles. The van der Waals surface area contributed by atoms with Crippen LogP contribution in [-0.2, 0) is 4.79 Å². The minimum Gasteiger partial charge on any atom is -0.282 e. The summed E-state index contributed by atoms with van der Waals surface area (Å²) in [6, 6.07) is 1.94. The second kappa shape index (κ2) is 5.12. The van der Waals surface area contributed by atoms with Gasteiger partial charge in [-0.2, -0.15) is 5.10 Å². The van der Waals surface area contributed by atoms with Gasteiger partial charge in [-0.3, -0.25) is 14.8 Å². The number of hydrogen-bond donors (Lipinski definition) is 1. The number of H-pyrrole nitrogens is 1. The van der Waals surface area contributed by atoms with Gasteiger partial charge in [0.2, 0.25) is 5.91 Å². The van der Waals surface area contributed by atoms with Crippen molar-refractivity contribution in [2.24, 2.45) is 5.92 Å². The number of aromatic amines is 1. The minimum atomic E-state index is 0.179. The Balaban J connectivity index is 2.25. The van der Waals surface area contributed by atoms with Crippen LogP contribution >= 0.6 is 11.8 Å². The molecule has 0 aliphatic carbocycles.